The number of rotatable bonds is 3. The summed E-state index contributed by atoms with van der Waals surface area (Å²) < 4.78 is 50.8. The summed E-state index contributed by atoms with van der Waals surface area (Å²) in [4.78, 5) is 11.9. The Morgan fingerprint density at radius 2 is 1.73 bits per heavy atom. The minimum Gasteiger partial charge on any atom is -0.348 e. The quantitative estimate of drug-likeness (QED) is 0.784. The van der Waals surface area contributed by atoms with E-state index in [0.717, 1.165) is 18.2 Å². The van der Waals surface area contributed by atoms with Gasteiger partial charge < -0.3 is 5.32 Å². The van der Waals surface area contributed by atoms with Crippen LogP contribution in [0.5, 0.6) is 0 Å². The molecule has 0 spiro atoms. The molecule has 2 rings (SSSR count). The molecule has 0 bridgehead atoms. The van der Waals surface area contributed by atoms with Crippen LogP contribution in [0.4, 0.5) is 17.6 Å². The fourth-order valence-electron chi connectivity index (χ4n) is 1.76. The molecule has 0 heterocycles. The first-order chi connectivity index (χ1) is 10.3. The molecule has 0 unspecified atom stereocenters. The number of amides is 1. The molecule has 0 aliphatic heterocycles. The van der Waals surface area contributed by atoms with Crippen molar-refractivity contribution in [1.82, 2.24) is 5.32 Å². The Morgan fingerprint density at radius 1 is 1.09 bits per heavy atom. The second kappa shape index (κ2) is 6.48. The topological polar surface area (TPSA) is 29.1 Å². The van der Waals surface area contributed by atoms with E-state index in [1.165, 1.54) is 24.3 Å². The third-order valence-corrected chi connectivity index (χ3v) is 3.60. The van der Waals surface area contributed by atoms with Gasteiger partial charge in [0.15, 0.2) is 0 Å². The third-order valence-electron chi connectivity index (χ3n) is 2.91. The highest BCUT2D eigenvalue weighted by atomic mass is 79.9. The maximum Gasteiger partial charge on any atom is 0.416 e. The Labute approximate surface area is 132 Å². The van der Waals surface area contributed by atoms with E-state index in [1.807, 2.05) is 0 Å². The number of benzene rings is 2. The van der Waals surface area contributed by atoms with Crippen molar-refractivity contribution < 1.29 is 22.4 Å². The second-order valence-electron chi connectivity index (χ2n) is 4.50. The summed E-state index contributed by atoms with van der Waals surface area (Å²) in [5, 5.41) is 2.52. The summed E-state index contributed by atoms with van der Waals surface area (Å²) in [6.07, 6.45) is -4.39. The Morgan fingerprint density at radius 3 is 2.32 bits per heavy atom. The normalized spacial score (nSPS) is 11.3. The molecule has 1 N–H and O–H groups in total. The average molecular weight is 376 g/mol. The standard InChI is InChI=1S/C15H10BrF4NO/c16-13-6-5-11(17)7-12(13)14(22)21-8-9-1-3-10(4-2-9)15(18,19)20/h1-7H,8H2,(H,21,22). The van der Waals surface area contributed by atoms with Crippen molar-refractivity contribution in [2.45, 2.75) is 12.7 Å². The van der Waals surface area contributed by atoms with Gasteiger partial charge in [0.1, 0.15) is 5.82 Å². The van der Waals surface area contributed by atoms with E-state index in [0.29, 0.717) is 10.0 Å². The molecule has 2 nitrogen and oxygen atoms in total. The highest BCUT2D eigenvalue weighted by molar-refractivity contribution is 9.10. The van der Waals surface area contributed by atoms with Gasteiger partial charge in [0, 0.05) is 11.0 Å². The fraction of sp³-hybridized carbons (Fsp3) is 0.133. The van der Waals surface area contributed by atoms with E-state index in [1.54, 1.807) is 0 Å². The molecule has 0 aliphatic rings. The maximum absolute atomic E-state index is 13.1. The van der Waals surface area contributed by atoms with Gasteiger partial charge in [0.05, 0.1) is 11.1 Å². The van der Waals surface area contributed by atoms with Gasteiger partial charge in [-0.05, 0) is 51.8 Å². The molecule has 0 saturated heterocycles. The van der Waals surface area contributed by atoms with Gasteiger partial charge in [-0.3, -0.25) is 4.79 Å². The van der Waals surface area contributed by atoms with Crippen molar-refractivity contribution >= 4 is 21.8 Å². The molecule has 0 atom stereocenters. The van der Waals surface area contributed by atoms with Crippen molar-refractivity contribution in [3.8, 4) is 0 Å². The van der Waals surface area contributed by atoms with E-state index in [9.17, 15) is 22.4 Å². The lowest BCUT2D eigenvalue weighted by molar-refractivity contribution is -0.137. The van der Waals surface area contributed by atoms with Crippen molar-refractivity contribution in [3.63, 3.8) is 0 Å². The molecular formula is C15H10BrF4NO. The average Bonchev–Trinajstić information content (AvgIpc) is 2.47. The zero-order valence-electron chi connectivity index (χ0n) is 11.0. The van der Waals surface area contributed by atoms with Crippen molar-refractivity contribution in [1.29, 1.82) is 0 Å². The Balaban J connectivity index is 2.04. The predicted molar refractivity (Wildman–Crippen MR) is 76.7 cm³/mol. The Hall–Kier alpha value is -1.89. The molecule has 0 radical (unpaired) electrons. The van der Waals surface area contributed by atoms with Gasteiger partial charge in [0.2, 0.25) is 0 Å². The van der Waals surface area contributed by atoms with Crippen LogP contribution in [-0.4, -0.2) is 5.91 Å². The van der Waals surface area contributed by atoms with Crippen LogP contribution in [0.25, 0.3) is 0 Å². The third kappa shape index (κ3) is 4.07. The van der Waals surface area contributed by atoms with E-state index < -0.39 is 23.5 Å². The molecular weight excluding hydrogens is 366 g/mol. The molecule has 0 aromatic heterocycles. The summed E-state index contributed by atoms with van der Waals surface area (Å²) in [5.41, 5.74) is -0.128. The first-order valence-electron chi connectivity index (χ1n) is 6.17. The van der Waals surface area contributed by atoms with Crippen LogP contribution in [0, 0.1) is 5.82 Å². The smallest absolute Gasteiger partial charge is 0.348 e. The first-order valence-corrected chi connectivity index (χ1v) is 6.96. The van der Waals surface area contributed by atoms with Crippen molar-refractivity contribution in [2.24, 2.45) is 0 Å². The number of halogens is 5. The summed E-state index contributed by atoms with van der Waals surface area (Å²) in [6.45, 7) is 0.0416. The zero-order valence-corrected chi connectivity index (χ0v) is 12.6. The number of alkyl halides is 3. The molecule has 2 aromatic rings. The monoisotopic (exact) mass is 375 g/mol. The lowest BCUT2D eigenvalue weighted by Gasteiger charge is -2.09. The van der Waals surface area contributed by atoms with E-state index in [4.69, 9.17) is 0 Å². The first kappa shape index (κ1) is 16.5. The molecule has 22 heavy (non-hydrogen) atoms. The van der Waals surface area contributed by atoms with Crippen LogP contribution < -0.4 is 5.32 Å². The van der Waals surface area contributed by atoms with Crippen LogP contribution in [0.1, 0.15) is 21.5 Å². The molecule has 0 aliphatic carbocycles. The number of carbonyl (C=O) groups is 1. The van der Waals surface area contributed by atoms with E-state index in [-0.39, 0.29) is 12.1 Å². The minimum atomic E-state index is -4.39. The summed E-state index contributed by atoms with van der Waals surface area (Å²) in [6, 6.07) is 8.14. The highest BCUT2D eigenvalue weighted by Crippen LogP contribution is 2.29. The molecule has 0 saturated carbocycles. The van der Waals surface area contributed by atoms with Crippen molar-refractivity contribution in [3.05, 3.63) is 69.4 Å². The lowest BCUT2D eigenvalue weighted by Crippen LogP contribution is -2.23. The predicted octanol–water partition coefficient (Wildman–Crippen LogP) is 4.54. The number of hydrogen-bond acceptors (Lipinski definition) is 1. The number of hydrogen-bond donors (Lipinski definition) is 1. The summed E-state index contributed by atoms with van der Waals surface area (Å²) in [5.74, 6) is -1.07. The fourth-order valence-corrected chi connectivity index (χ4v) is 2.19. The molecule has 2 aromatic carbocycles. The van der Waals surface area contributed by atoms with Crippen LogP contribution in [0.15, 0.2) is 46.9 Å². The van der Waals surface area contributed by atoms with Gasteiger partial charge in [-0.1, -0.05) is 12.1 Å². The SMILES string of the molecule is O=C(NCc1ccc(C(F)(F)F)cc1)c1cc(F)ccc1Br. The molecule has 116 valence electrons. The van der Waals surface area contributed by atoms with Gasteiger partial charge >= 0.3 is 6.18 Å². The van der Waals surface area contributed by atoms with Crippen LogP contribution in [0.2, 0.25) is 0 Å². The second-order valence-corrected chi connectivity index (χ2v) is 5.36. The van der Waals surface area contributed by atoms with Crippen LogP contribution in [0.3, 0.4) is 0 Å². The zero-order chi connectivity index (χ0) is 16.3. The summed E-state index contributed by atoms with van der Waals surface area (Å²) >= 11 is 3.14. The Kier molecular flexibility index (Phi) is 4.85. The van der Waals surface area contributed by atoms with Gasteiger partial charge in [-0.2, -0.15) is 13.2 Å². The van der Waals surface area contributed by atoms with Crippen LogP contribution in [-0.2, 0) is 12.7 Å². The number of nitrogens with one attached hydrogen (secondary N) is 1. The van der Waals surface area contributed by atoms with E-state index >= 15 is 0 Å². The minimum absolute atomic E-state index is 0.0416. The largest absolute Gasteiger partial charge is 0.416 e. The lowest BCUT2D eigenvalue weighted by atomic mass is 10.1. The molecule has 1 amide bonds. The van der Waals surface area contributed by atoms with Crippen LogP contribution >= 0.6 is 15.9 Å². The highest BCUT2D eigenvalue weighted by Gasteiger charge is 2.29. The summed E-state index contributed by atoms with van der Waals surface area (Å²) in [7, 11) is 0. The molecule has 7 heteroatoms. The Bertz CT molecular complexity index is 683. The number of carbonyl (C=O) groups excluding carboxylic acids is 1. The van der Waals surface area contributed by atoms with Gasteiger partial charge in [-0.25, -0.2) is 4.39 Å². The van der Waals surface area contributed by atoms with Crippen molar-refractivity contribution in [2.75, 3.05) is 0 Å². The van der Waals surface area contributed by atoms with Gasteiger partial charge in [0.25, 0.3) is 5.91 Å². The molecule has 0 fully saturated rings. The van der Waals surface area contributed by atoms with E-state index in [2.05, 4.69) is 21.2 Å². The maximum atomic E-state index is 13.1. The van der Waals surface area contributed by atoms with Gasteiger partial charge in [-0.15, -0.1) is 0 Å².